The van der Waals surface area contributed by atoms with Crippen LogP contribution in [0.1, 0.15) is 27.4 Å². The fourth-order valence-electron chi connectivity index (χ4n) is 3.64. The Morgan fingerprint density at radius 2 is 1.84 bits per heavy atom. The molecule has 0 aliphatic rings. The summed E-state index contributed by atoms with van der Waals surface area (Å²) in [6.07, 6.45) is 0. The number of amides is 1. The predicted molar refractivity (Wildman–Crippen MR) is 125 cm³/mol. The molecule has 168 valence electrons. The van der Waals surface area contributed by atoms with Gasteiger partial charge in [-0.1, -0.05) is 48.0 Å². The van der Waals surface area contributed by atoms with Gasteiger partial charge in [-0.25, -0.2) is 4.39 Å². The number of nitrogens with two attached hydrogens (primary N) is 1. The molecule has 0 heterocycles. The van der Waals surface area contributed by atoms with Crippen LogP contribution in [0.25, 0.3) is 11.1 Å². The normalized spacial score (nSPS) is 11.9. The van der Waals surface area contributed by atoms with Crippen LogP contribution in [-0.2, 0) is 4.74 Å². The van der Waals surface area contributed by atoms with E-state index < -0.39 is 11.7 Å². The zero-order valence-corrected chi connectivity index (χ0v) is 18.8. The van der Waals surface area contributed by atoms with E-state index in [1.165, 1.54) is 19.2 Å². The van der Waals surface area contributed by atoms with Gasteiger partial charge in [-0.3, -0.25) is 4.79 Å². The van der Waals surface area contributed by atoms with Crippen molar-refractivity contribution in [3.05, 3.63) is 88.2 Å². The highest BCUT2D eigenvalue weighted by molar-refractivity contribution is 6.33. The second kappa shape index (κ2) is 11.1. The van der Waals surface area contributed by atoms with Crippen LogP contribution in [0.3, 0.4) is 0 Å². The lowest BCUT2D eigenvalue weighted by Gasteiger charge is -2.20. The molecule has 1 amide bonds. The van der Waals surface area contributed by atoms with E-state index in [0.717, 1.165) is 11.1 Å². The number of hydrogen-bond donors (Lipinski definition) is 2. The van der Waals surface area contributed by atoms with E-state index in [1.807, 2.05) is 43.4 Å². The number of benzene rings is 3. The van der Waals surface area contributed by atoms with Crippen molar-refractivity contribution in [3.8, 4) is 16.9 Å². The molecule has 32 heavy (non-hydrogen) atoms. The van der Waals surface area contributed by atoms with Crippen molar-refractivity contribution in [1.29, 1.82) is 0 Å². The molecule has 5 nitrogen and oxygen atoms in total. The highest BCUT2D eigenvalue weighted by atomic mass is 35.5. The van der Waals surface area contributed by atoms with Crippen LogP contribution in [0.15, 0.2) is 60.7 Å². The number of ether oxygens (including phenoxy) is 2. The maximum atomic E-state index is 15.5. The van der Waals surface area contributed by atoms with Crippen molar-refractivity contribution in [1.82, 2.24) is 5.32 Å². The minimum absolute atomic E-state index is 0.00144. The fraction of sp³-hybridized carbons (Fsp3) is 0.240. The summed E-state index contributed by atoms with van der Waals surface area (Å²) in [6.45, 7) is 1.12. The number of rotatable bonds is 10. The van der Waals surface area contributed by atoms with Crippen LogP contribution in [-0.4, -0.2) is 39.8 Å². The second-order valence-corrected chi connectivity index (χ2v) is 7.67. The van der Waals surface area contributed by atoms with E-state index in [2.05, 4.69) is 5.32 Å². The van der Waals surface area contributed by atoms with E-state index in [0.29, 0.717) is 23.7 Å². The van der Waals surface area contributed by atoms with Gasteiger partial charge in [0, 0.05) is 35.7 Å². The minimum atomic E-state index is -0.751. The highest BCUT2D eigenvalue weighted by Gasteiger charge is 2.23. The first-order valence-corrected chi connectivity index (χ1v) is 10.6. The SMILES string of the molecule is CNCC(c1ccccc1)c1ccc(Cl)c(-c2c(C(N)=O)ccc(OCCOC)c2F)c1. The zero-order valence-electron chi connectivity index (χ0n) is 18.0. The molecule has 0 aliphatic heterocycles. The summed E-state index contributed by atoms with van der Waals surface area (Å²) in [7, 11) is 3.40. The van der Waals surface area contributed by atoms with Gasteiger partial charge in [0.15, 0.2) is 11.6 Å². The molecule has 0 spiro atoms. The molecule has 3 rings (SSSR count). The summed E-state index contributed by atoms with van der Waals surface area (Å²) in [6, 6.07) is 18.2. The van der Waals surface area contributed by atoms with Crippen molar-refractivity contribution in [2.24, 2.45) is 5.73 Å². The van der Waals surface area contributed by atoms with Crippen LogP contribution in [0.2, 0.25) is 5.02 Å². The molecular formula is C25H26ClFN2O3. The molecule has 1 atom stereocenters. The van der Waals surface area contributed by atoms with Gasteiger partial charge < -0.3 is 20.5 Å². The van der Waals surface area contributed by atoms with Gasteiger partial charge in [0.05, 0.1) is 12.2 Å². The van der Waals surface area contributed by atoms with Gasteiger partial charge in [0.2, 0.25) is 5.91 Å². The molecule has 3 N–H and O–H groups in total. The van der Waals surface area contributed by atoms with Crippen LogP contribution >= 0.6 is 11.6 Å². The van der Waals surface area contributed by atoms with Gasteiger partial charge in [-0.05, 0) is 42.4 Å². The zero-order chi connectivity index (χ0) is 23.1. The predicted octanol–water partition coefficient (Wildman–Crippen LogP) is 4.62. The molecule has 0 radical (unpaired) electrons. The number of carbonyl (C=O) groups is 1. The first kappa shape index (κ1) is 23.7. The van der Waals surface area contributed by atoms with E-state index >= 15 is 4.39 Å². The minimum Gasteiger partial charge on any atom is -0.488 e. The smallest absolute Gasteiger partial charge is 0.249 e. The first-order valence-electron chi connectivity index (χ1n) is 10.2. The van der Waals surface area contributed by atoms with E-state index in [9.17, 15) is 4.79 Å². The number of hydrogen-bond acceptors (Lipinski definition) is 4. The summed E-state index contributed by atoms with van der Waals surface area (Å²) in [5.74, 6) is -1.45. The van der Waals surface area contributed by atoms with Crippen LogP contribution in [0, 0.1) is 5.82 Å². The lowest BCUT2D eigenvalue weighted by Crippen LogP contribution is -2.18. The van der Waals surface area contributed by atoms with Gasteiger partial charge in [0.1, 0.15) is 6.61 Å². The van der Waals surface area contributed by atoms with E-state index in [4.69, 9.17) is 26.8 Å². The maximum Gasteiger partial charge on any atom is 0.249 e. The highest BCUT2D eigenvalue weighted by Crippen LogP contribution is 2.39. The molecule has 3 aromatic carbocycles. The quantitative estimate of drug-likeness (QED) is 0.436. The van der Waals surface area contributed by atoms with Gasteiger partial charge in [-0.15, -0.1) is 0 Å². The average molecular weight is 457 g/mol. The van der Waals surface area contributed by atoms with Crippen LogP contribution < -0.4 is 15.8 Å². The van der Waals surface area contributed by atoms with Gasteiger partial charge in [0.25, 0.3) is 0 Å². The van der Waals surface area contributed by atoms with Crippen LogP contribution in [0.5, 0.6) is 5.75 Å². The van der Waals surface area contributed by atoms with Crippen molar-refractivity contribution in [3.63, 3.8) is 0 Å². The Morgan fingerprint density at radius 1 is 1.09 bits per heavy atom. The monoisotopic (exact) mass is 456 g/mol. The Kier molecular flexibility index (Phi) is 8.22. The Morgan fingerprint density at radius 3 is 2.50 bits per heavy atom. The Labute approximate surface area is 192 Å². The van der Waals surface area contributed by atoms with E-state index in [-0.39, 0.29) is 29.4 Å². The van der Waals surface area contributed by atoms with Gasteiger partial charge in [-0.2, -0.15) is 0 Å². The molecule has 7 heteroatoms. The lowest BCUT2D eigenvalue weighted by molar-refractivity contribution is 0.100. The number of primary amides is 1. The third kappa shape index (κ3) is 5.27. The molecule has 0 saturated heterocycles. The number of carbonyl (C=O) groups excluding carboxylic acids is 1. The summed E-state index contributed by atoms with van der Waals surface area (Å²) >= 11 is 6.49. The standard InChI is InChI=1S/C25H26ClFN2O3/c1-29-15-20(16-6-4-3-5-7-16)17-8-10-21(26)19(14-17)23-18(25(28)30)9-11-22(24(23)27)32-13-12-31-2/h3-11,14,20,29H,12-13,15H2,1-2H3,(H2,28,30). The second-order valence-electron chi connectivity index (χ2n) is 7.27. The molecule has 3 aromatic rings. The summed E-state index contributed by atoms with van der Waals surface area (Å²) < 4.78 is 26.0. The first-order chi connectivity index (χ1) is 15.5. The number of nitrogens with one attached hydrogen (secondary N) is 1. The van der Waals surface area contributed by atoms with E-state index in [1.54, 1.807) is 12.1 Å². The third-order valence-corrected chi connectivity index (χ3v) is 5.52. The summed E-state index contributed by atoms with van der Waals surface area (Å²) in [5, 5.41) is 3.51. The molecule has 0 aliphatic carbocycles. The van der Waals surface area contributed by atoms with Crippen molar-refractivity contribution in [2.45, 2.75) is 5.92 Å². The van der Waals surface area contributed by atoms with Crippen molar-refractivity contribution < 1.29 is 18.7 Å². The third-order valence-electron chi connectivity index (χ3n) is 5.19. The number of likely N-dealkylation sites (N-methyl/N-ethyl adjacent to an activating group) is 1. The Balaban J connectivity index is 2.14. The average Bonchev–Trinajstić information content (AvgIpc) is 2.79. The maximum absolute atomic E-state index is 15.5. The largest absolute Gasteiger partial charge is 0.488 e. The number of methoxy groups -OCH3 is 1. The van der Waals surface area contributed by atoms with Crippen LogP contribution in [0.4, 0.5) is 4.39 Å². The molecule has 1 unspecified atom stereocenters. The molecule has 0 aromatic heterocycles. The Bertz CT molecular complexity index is 1080. The lowest BCUT2D eigenvalue weighted by atomic mass is 9.88. The number of halogens is 2. The van der Waals surface area contributed by atoms with Crippen molar-refractivity contribution >= 4 is 17.5 Å². The van der Waals surface area contributed by atoms with Gasteiger partial charge >= 0.3 is 0 Å². The molecule has 0 bridgehead atoms. The molecular weight excluding hydrogens is 431 g/mol. The Hall–Kier alpha value is -2.93. The topological polar surface area (TPSA) is 73.6 Å². The van der Waals surface area contributed by atoms with Crippen molar-refractivity contribution in [2.75, 3.05) is 33.9 Å². The summed E-state index contributed by atoms with van der Waals surface area (Å²) in [4.78, 5) is 12.1. The summed E-state index contributed by atoms with van der Waals surface area (Å²) in [5.41, 5.74) is 8.02. The molecule has 0 saturated carbocycles. The molecule has 0 fully saturated rings. The fourth-order valence-corrected chi connectivity index (χ4v) is 3.85.